The fourth-order valence-electron chi connectivity index (χ4n) is 8.21. The van der Waals surface area contributed by atoms with Crippen LogP contribution in [0.15, 0.2) is 30.3 Å². The highest BCUT2D eigenvalue weighted by Gasteiger charge is 2.38. The first kappa shape index (κ1) is 42.1. The number of fused-ring (bicyclic) bond motifs is 1. The van der Waals surface area contributed by atoms with Crippen molar-refractivity contribution in [3.8, 4) is 5.75 Å². The van der Waals surface area contributed by atoms with Crippen LogP contribution in [0.5, 0.6) is 5.75 Å². The van der Waals surface area contributed by atoms with Crippen molar-refractivity contribution in [2.45, 2.75) is 69.8 Å². The zero-order valence-corrected chi connectivity index (χ0v) is 33.1. The van der Waals surface area contributed by atoms with Crippen molar-refractivity contribution in [2.24, 2.45) is 0 Å². The molecule has 2 aromatic rings. The van der Waals surface area contributed by atoms with Gasteiger partial charge in [-0.05, 0) is 80.5 Å². The lowest BCUT2D eigenvalue weighted by atomic mass is 9.99. The molecular weight excluding hydrogens is 771 g/mol. The molecule has 312 valence electrons. The van der Waals surface area contributed by atoms with Crippen LogP contribution in [0.25, 0.3) is 0 Å². The van der Waals surface area contributed by atoms with E-state index >= 15 is 0 Å². The highest BCUT2D eigenvalue weighted by Crippen LogP contribution is 2.38. The van der Waals surface area contributed by atoms with E-state index in [0.717, 1.165) is 30.4 Å². The van der Waals surface area contributed by atoms with E-state index in [1.807, 2.05) is 12.1 Å². The molecule has 14 nitrogen and oxygen atoms in total. The molecule has 57 heavy (non-hydrogen) atoms. The van der Waals surface area contributed by atoms with E-state index in [4.69, 9.17) is 31.5 Å². The molecule has 3 fully saturated rings. The minimum atomic E-state index is -4.80. The third-order valence-electron chi connectivity index (χ3n) is 11.4. The summed E-state index contributed by atoms with van der Waals surface area (Å²) >= 11 is 6.14. The van der Waals surface area contributed by atoms with Crippen molar-refractivity contribution < 1.29 is 46.6 Å². The molecule has 0 aliphatic carbocycles. The second-order valence-corrected chi connectivity index (χ2v) is 15.3. The molecule has 4 aliphatic rings. The van der Waals surface area contributed by atoms with E-state index in [2.05, 4.69) is 15.1 Å². The zero-order valence-electron chi connectivity index (χ0n) is 32.3. The van der Waals surface area contributed by atoms with Gasteiger partial charge in [-0.3, -0.25) is 19.4 Å². The van der Waals surface area contributed by atoms with Crippen molar-refractivity contribution in [1.29, 1.82) is 0 Å². The Morgan fingerprint density at radius 2 is 1.60 bits per heavy atom. The Balaban J connectivity index is 1.09. The first-order valence-corrected chi connectivity index (χ1v) is 19.9. The molecule has 3 saturated heterocycles. The van der Waals surface area contributed by atoms with Crippen molar-refractivity contribution in [1.82, 2.24) is 24.5 Å². The monoisotopic (exact) mass is 821 g/mol. The minimum Gasteiger partial charge on any atom is -0.497 e. The van der Waals surface area contributed by atoms with Crippen LogP contribution in [0.1, 0.15) is 49.3 Å². The van der Waals surface area contributed by atoms with Gasteiger partial charge in [0.2, 0.25) is 0 Å². The number of carbonyl (C=O) groups is 4. The van der Waals surface area contributed by atoms with E-state index in [1.54, 1.807) is 29.9 Å². The average Bonchev–Trinajstić information content (AvgIpc) is 3.36. The summed E-state index contributed by atoms with van der Waals surface area (Å²) in [6, 6.07) is 7.43. The van der Waals surface area contributed by atoms with Gasteiger partial charge in [0, 0.05) is 83.1 Å². The van der Waals surface area contributed by atoms with Gasteiger partial charge in [-0.15, -0.1) is 0 Å². The predicted molar refractivity (Wildman–Crippen MR) is 206 cm³/mol. The topological polar surface area (TPSA) is 150 Å². The smallest absolute Gasteiger partial charge is 0.418 e. The summed E-state index contributed by atoms with van der Waals surface area (Å²) in [4.78, 5) is 62.2. The first-order chi connectivity index (χ1) is 27.2. The summed E-state index contributed by atoms with van der Waals surface area (Å²) < 4.78 is 58.0. The van der Waals surface area contributed by atoms with Crippen LogP contribution in [0.2, 0.25) is 5.02 Å². The number of carbonyl (C=O) groups excluding carboxylic acids is 4. The summed E-state index contributed by atoms with van der Waals surface area (Å²) in [5.74, 6) is -0.0532. The number of nitrogen functional groups attached to an aromatic ring is 1. The number of amides is 4. The normalized spacial score (nSPS) is 19.7. The second-order valence-electron chi connectivity index (χ2n) is 14.9. The molecule has 18 heteroatoms. The number of urea groups is 1. The number of nitrogens with two attached hydrogens (primary N) is 1. The Morgan fingerprint density at radius 1 is 0.930 bits per heavy atom. The summed E-state index contributed by atoms with van der Waals surface area (Å²) in [5, 5.41) is 2.66. The van der Waals surface area contributed by atoms with Gasteiger partial charge in [0.05, 0.1) is 36.5 Å². The molecule has 0 radical (unpaired) electrons. The van der Waals surface area contributed by atoms with E-state index in [0.29, 0.717) is 77.2 Å². The van der Waals surface area contributed by atoms with Gasteiger partial charge in [0.1, 0.15) is 5.75 Å². The third kappa shape index (κ3) is 10.3. The Bertz CT molecular complexity index is 1780. The molecule has 0 bridgehead atoms. The number of methoxy groups -OCH3 is 1. The number of benzene rings is 2. The lowest BCUT2D eigenvalue weighted by Crippen LogP contribution is -2.55. The molecule has 0 spiro atoms. The number of nitrogens with one attached hydrogen (secondary N) is 1. The van der Waals surface area contributed by atoms with Gasteiger partial charge in [0.15, 0.2) is 6.10 Å². The minimum absolute atomic E-state index is 0.0488. The van der Waals surface area contributed by atoms with Crippen LogP contribution in [0.4, 0.5) is 34.1 Å². The second kappa shape index (κ2) is 18.4. The maximum Gasteiger partial charge on any atom is 0.418 e. The van der Waals surface area contributed by atoms with E-state index in [1.165, 1.54) is 11.0 Å². The number of ether oxygens (including phenoxy) is 3. The number of esters is 1. The Kier molecular flexibility index (Phi) is 13.6. The quantitative estimate of drug-likeness (QED) is 0.255. The van der Waals surface area contributed by atoms with Crippen molar-refractivity contribution in [3.63, 3.8) is 0 Å². The molecule has 4 heterocycles. The summed E-state index contributed by atoms with van der Waals surface area (Å²) in [6.07, 6.45) is -4.46. The number of hydrogen-bond acceptors (Lipinski definition) is 10. The highest BCUT2D eigenvalue weighted by atomic mass is 35.5. The third-order valence-corrected chi connectivity index (χ3v) is 11.7. The number of nitrogens with zero attached hydrogens (tertiary/aromatic N) is 5. The van der Waals surface area contributed by atoms with Crippen molar-refractivity contribution >= 4 is 47.0 Å². The molecule has 1 atom stereocenters. The van der Waals surface area contributed by atoms with Gasteiger partial charge >= 0.3 is 24.3 Å². The number of anilines is 2. The van der Waals surface area contributed by atoms with Crippen molar-refractivity contribution in [3.05, 3.63) is 52.0 Å². The maximum absolute atomic E-state index is 14.1. The van der Waals surface area contributed by atoms with Crippen molar-refractivity contribution in [2.75, 3.05) is 90.2 Å². The largest absolute Gasteiger partial charge is 0.497 e. The number of alkyl halides is 3. The van der Waals surface area contributed by atoms with Crippen LogP contribution in [-0.4, -0.2) is 146 Å². The van der Waals surface area contributed by atoms with Gasteiger partial charge in [-0.1, -0.05) is 11.6 Å². The molecule has 0 saturated carbocycles. The Morgan fingerprint density at radius 3 is 2.25 bits per heavy atom. The lowest BCUT2D eigenvalue weighted by Gasteiger charge is -2.43. The number of likely N-dealkylation sites (tertiary alicyclic amines) is 2. The molecule has 4 amide bonds. The van der Waals surface area contributed by atoms with Crippen LogP contribution in [-0.2, 0) is 38.1 Å². The standard InChI is InChI=1S/C39H51ClF3N7O7/c1-3-56-34(51)24-46-16-18-47(19-17-46)27-7-11-48(12-8-27)36(52)33(22-25-20-30(39(41,42)43)35(44)31(40)21-25)57-38(54)49-13-9-28(10-14-49)50-15-6-26-23-29(55-2)4-5-32(26)45-37(50)53/h4-5,20-21,23,27-28,33H,3,6-19,22,24,44H2,1-2H3,(H,45,53). The number of piperidine rings is 2. The Labute approximate surface area is 335 Å². The van der Waals surface area contributed by atoms with Gasteiger partial charge in [0.25, 0.3) is 5.91 Å². The number of hydrogen-bond donors (Lipinski definition) is 2. The highest BCUT2D eigenvalue weighted by molar-refractivity contribution is 6.33. The fraction of sp³-hybridized carbons (Fsp3) is 0.590. The number of halogens is 4. The summed E-state index contributed by atoms with van der Waals surface area (Å²) in [5.41, 5.74) is 5.65. The molecule has 3 N–H and O–H groups in total. The number of piperazine rings is 1. The van der Waals surface area contributed by atoms with Gasteiger partial charge in [-0.2, -0.15) is 13.2 Å². The summed E-state index contributed by atoms with van der Waals surface area (Å²) in [7, 11) is 1.59. The van der Waals surface area contributed by atoms with E-state index in [9.17, 15) is 32.3 Å². The molecule has 4 aliphatic heterocycles. The SMILES string of the molecule is CCOC(=O)CN1CCN(C2CCN(C(=O)C(Cc3cc(Cl)c(N)c(C(F)(F)F)c3)OC(=O)N3CCC(N4CCc5cc(OC)ccc5NC4=O)CC3)CC2)CC1. The van der Waals surface area contributed by atoms with Crippen LogP contribution in [0, 0.1) is 0 Å². The van der Waals surface area contributed by atoms with Gasteiger partial charge < -0.3 is 40.0 Å². The molecule has 1 unspecified atom stereocenters. The van der Waals surface area contributed by atoms with Gasteiger partial charge in [-0.25, -0.2) is 9.59 Å². The number of rotatable bonds is 10. The molecule has 6 rings (SSSR count). The van der Waals surface area contributed by atoms with Crippen LogP contribution in [0.3, 0.4) is 0 Å². The lowest BCUT2D eigenvalue weighted by molar-refractivity contribution is -0.145. The first-order valence-electron chi connectivity index (χ1n) is 19.5. The Hall–Kier alpha value is -4.48. The summed E-state index contributed by atoms with van der Waals surface area (Å²) in [6.45, 7) is 7.04. The average molecular weight is 822 g/mol. The predicted octanol–water partition coefficient (Wildman–Crippen LogP) is 4.72. The molecule has 0 aromatic heterocycles. The van der Waals surface area contributed by atoms with E-state index < -0.39 is 35.5 Å². The fourth-order valence-corrected chi connectivity index (χ4v) is 8.45. The van der Waals surface area contributed by atoms with E-state index in [-0.39, 0.29) is 60.7 Å². The van der Waals surface area contributed by atoms with Crippen LogP contribution >= 0.6 is 11.6 Å². The maximum atomic E-state index is 14.1. The molecule has 2 aromatic carbocycles. The van der Waals surface area contributed by atoms with Crippen LogP contribution < -0.4 is 15.8 Å². The molecular formula is C39H51ClF3N7O7. The zero-order chi connectivity index (χ0) is 40.9.